The van der Waals surface area contributed by atoms with Crippen LogP contribution in [-0.4, -0.2) is 17.6 Å². The molecular formula is C24H26N2Si. The lowest BCUT2D eigenvalue weighted by Gasteiger charge is -2.33. The molecule has 0 aliphatic heterocycles. The Hall–Kier alpha value is -2.65. The molecule has 0 spiro atoms. The van der Waals surface area contributed by atoms with Crippen LogP contribution in [0.3, 0.4) is 0 Å². The largest absolute Gasteiger partial charge is 0.331 e. The van der Waals surface area contributed by atoms with Crippen LogP contribution in [0.15, 0.2) is 84.9 Å². The second-order valence-electron chi connectivity index (χ2n) is 7.83. The summed E-state index contributed by atoms with van der Waals surface area (Å²) in [7, 11) is 0.385. The van der Waals surface area contributed by atoms with Crippen LogP contribution in [0.5, 0.6) is 0 Å². The number of nitrogens with zero attached hydrogens (tertiary/aromatic N) is 2. The zero-order valence-electron chi connectivity index (χ0n) is 16.3. The van der Waals surface area contributed by atoms with E-state index in [0.717, 1.165) is 11.9 Å². The van der Waals surface area contributed by atoms with E-state index in [4.69, 9.17) is 4.98 Å². The number of para-hydroxylation sites is 2. The Morgan fingerprint density at radius 2 is 1.41 bits per heavy atom. The quantitative estimate of drug-likeness (QED) is 0.449. The second-order valence-corrected chi connectivity index (χ2v) is 12.5. The maximum absolute atomic E-state index is 4.97. The normalized spacial score (nSPS) is 13.0. The fraction of sp³-hybridized carbons (Fsp3) is 0.208. The van der Waals surface area contributed by atoms with Crippen LogP contribution in [-0.2, 0) is 13.5 Å². The van der Waals surface area contributed by atoms with Gasteiger partial charge in [0.2, 0.25) is 0 Å². The molecule has 2 nitrogen and oxygen atoms in total. The third-order valence-electron chi connectivity index (χ3n) is 5.86. The first kappa shape index (κ1) is 17.7. The summed E-state index contributed by atoms with van der Waals surface area (Å²) in [5.74, 6) is 1.17. The molecule has 1 atom stereocenters. The molecule has 1 aromatic heterocycles. The molecule has 0 radical (unpaired) electrons. The molecule has 4 rings (SSSR count). The van der Waals surface area contributed by atoms with Crippen LogP contribution in [0.4, 0.5) is 0 Å². The van der Waals surface area contributed by atoms with Crippen LogP contribution < -0.4 is 5.19 Å². The standard InChI is InChI=1S/C24H26N2Si/c1-26-22-17-11-10-16-21(22)25-24(26)18-23(19-12-6-4-7-13-19)27(2,3)20-14-8-5-9-15-20/h4-17,23H,18H2,1-3H3. The van der Waals surface area contributed by atoms with Gasteiger partial charge in [-0.1, -0.05) is 91.1 Å². The van der Waals surface area contributed by atoms with Crippen molar-refractivity contribution in [2.45, 2.75) is 25.1 Å². The van der Waals surface area contributed by atoms with Gasteiger partial charge in [-0.05, 0) is 23.2 Å². The van der Waals surface area contributed by atoms with Gasteiger partial charge in [0.15, 0.2) is 0 Å². The molecule has 3 heteroatoms. The van der Waals surface area contributed by atoms with Crippen molar-refractivity contribution in [2.24, 2.45) is 7.05 Å². The fourth-order valence-corrected chi connectivity index (χ4v) is 7.28. The molecule has 0 saturated carbocycles. The smallest absolute Gasteiger partial charge is 0.109 e. The van der Waals surface area contributed by atoms with Crippen LogP contribution >= 0.6 is 0 Å². The molecule has 1 unspecified atom stereocenters. The van der Waals surface area contributed by atoms with Crippen molar-refractivity contribution in [3.8, 4) is 0 Å². The van der Waals surface area contributed by atoms with Gasteiger partial charge in [0.25, 0.3) is 0 Å². The van der Waals surface area contributed by atoms with E-state index in [1.54, 1.807) is 0 Å². The van der Waals surface area contributed by atoms with E-state index in [2.05, 4.69) is 110 Å². The van der Waals surface area contributed by atoms with Gasteiger partial charge in [-0.3, -0.25) is 0 Å². The van der Waals surface area contributed by atoms with E-state index in [-0.39, 0.29) is 0 Å². The summed E-state index contributed by atoms with van der Waals surface area (Å²) in [5, 5.41) is 1.50. The monoisotopic (exact) mass is 370 g/mol. The van der Waals surface area contributed by atoms with Crippen molar-refractivity contribution in [1.82, 2.24) is 9.55 Å². The molecule has 0 fully saturated rings. The lowest BCUT2D eigenvalue weighted by atomic mass is 10.1. The predicted molar refractivity (Wildman–Crippen MR) is 117 cm³/mol. The summed E-state index contributed by atoms with van der Waals surface area (Å²) >= 11 is 0. The zero-order valence-corrected chi connectivity index (χ0v) is 17.3. The fourth-order valence-electron chi connectivity index (χ4n) is 4.10. The highest BCUT2D eigenvalue weighted by molar-refractivity contribution is 6.90. The second kappa shape index (κ2) is 7.16. The lowest BCUT2D eigenvalue weighted by Crippen LogP contribution is -2.48. The maximum atomic E-state index is 4.97. The van der Waals surface area contributed by atoms with Crippen molar-refractivity contribution < 1.29 is 0 Å². The minimum atomic E-state index is -1.76. The number of rotatable bonds is 5. The molecule has 0 N–H and O–H groups in total. The van der Waals surface area contributed by atoms with Gasteiger partial charge in [0.1, 0.15) is 5.82 Å². The highest BCUT2D eigenvalue weighted by Gasteiger charge is 2.35. The molecule has 136 valence electrons. The third-order valence-corrected chi connectivity index (χ3v) is 9.96. The van der Waals surface area contributed by atoms with Crippen molar-refractivity contribution in [1.29, 1.82) is 0 Å². The van der Waals surface area contributed by atoms with E-state index < -0.39 is 8.07 Å². The molecule has 0 aliphatic rings. The van der Waals surface area contributed by atoms with Gasteiger partial charge in [0, 0.05) is 13.5 Å². The van der Waals surface area contributed by atoms with Crippen molar-refractivity contribution in [2.75, 3.05) is 0 Å². The summed E-state index contributed by atoms with van der Waals surface area (Å²) in [6.07, 6.45) is 0.962. The molecule has 27 heavy (non-hydrogen) atoms. The summed E-state index contributed by atoms with van der Waals surface area (Å²) in [5.41, 5.74) is 4.18. The number of hydrogen-bond donors (Lipinski definition) is 0. The molecule has 3 aromatic carbocycles. The van der Waals surface area contributed by atoms with Gasteiger partial charge in [-0.25, -0.2) is 4.98 Å². The molecule has 0 bridgehead atoms. The zero-order chi connectivity index (χ0) is 18.9. The average Bonchev–Trinajstić information content (AvgIpc) is 3.03. The van der Waals surface area contributed by atoms with Crippen LogP contribution in [0, 0.1) is 0 Å². The summed E-state index contributed by atoms with van der Waals surface area (Å²) < 4.78 is 2.26. The highest BCUT2D eigenvalue weighted by Crippen LogP contribution is 2.31. The number of aryl methyl sites for hydroxylation is 1. The minimum Gasteiger partial charge on any atom is -0.331 e. The summed E-state index contributed by atoms with van der Waals surface area (Å²) in [6.45, 7) is 4.98. The maximum Gasteiger partial charge on any atom is 0.109 e. The molecule has 4 aromatic rings. The number of benzene rings is 3. The van der Waals surface area contributed by atoms with Crippen molar-refractivity contribution in [3.63, 3.8) is 0 Å². The van der Waals surface area contributed by atoms with Crippen LogP contribution in [0.2, 0.25) is 13.1 Å². The predicted octanol–water partition coefficient (Wildman–Crippen LogP) is 5.05. The first-order valence-corrected chi connectivity index (χ1v) is 12.7. The Morgan fingerprint density at radius 3 is 2.07 bits per heavy atom. The summed E-state index contributed by atoms with van der Waals surface area (Å²) in [4.78, 5) is 4.97. The van der Waals surface area contributed by atoms with E-state index in [0.29, 0.717) is 5.54 Å². The Bertz CT molecular complexity index is 1040. The Kier molecular flexibility index (Phi) is 4.71. The molecule has 0 saturated heterocycles. The van der Waals surface area contributed by atoms with Gasteiger partial charge in [0.05, 0.1) is 19.1 Å². The lowest BCUT2D eigenvalue weighted by molar-refractivity contribution is 0.757. The van der Waals surface area contributed by atoms with Gasteiger partial charge < -0.3 is 4.57 Å². The topological polar surface area (TPSA) is 17.8 Å². The van der Waals surface area contributed by atoms with Gasteiger partial charge in [-0.15, -0.1) is 0 Å². The van der Waals surface area contributed by atoms with Crippen molar-refractivity contribution in [3.05, 3.63) is 96.3 Å². The third kappa shape index (κ3) is 3.35. The highest BCUT2D eigenvalue weighted by atomic mass is 28.3. The Morgan fingerprint density at radius 1 is 0.815 bits per heavy atom. The number of fused-ring (bicyclic) bond motifs is 1. The van der Waals surface area contributed by atoms with Gasteiger partial charge in [-0.2, -0.15) is 0 Å². The van der Waals surface area contributed by atoms with Crippen molar-refractivity contribution >= 4 is 24.3 Å². The number of aromatic nitrogens is 2. The average molecular weight is 371 g/mol. The minimum absolute atomic E-state index is 0.469. The first-order valence-electron chi connectivity index (χ1n) is 9.58. The Labute approximate surface area is 162 Å². The van der Waals surface area contributed by atoms with E-state index >= 15 is 0 Å². The van der Waals surface area contributed by atoms with E-state index in [1.807, 2.05) is 0 Å². The molecular weight excluding hydrogens is 344 g/mol. The molecule has 0 aliphatic carbocycles. The van der Waals surface area contributed by atoms with Crippen LogP contribution in [0.1, 0.15) is 16.9 Å². The molecule has 1 heterocycles. The summed E-state index contributed by atoms with van der Waals surface area (Å²) in [6, 6.07) is 30.5. The first-order chi connectivity index (χ1) is 13.1. The molecule has 0 amide bonds. The number of hydrogen-bond acceptors (Lipinski definition) is 1. The van der Waals surface area contributed by atoms with Crippen LogP contribution in [0.25, 0.3) is 11.0 Å². The SMILES string of the molecule is Cn1c(CC(c2ccccc2)[Si](C)(C)c2ccccc2)nc2ccccc21. The Balaban J connectivity index is 1.80. The van der Waals surface area contributed by atoms with E-state index in [1.165, 1.54) is 22.1 Å². The number of imidazole rings is 1. The van der Waals surface area contributed by atoms with Gasteiger partial charge >= 0.3 is 0 Å². The van der Waals surface area contributed by atoms with E-state index in [9.17, 15) is 0 Å².